The van der Waals surface area contributed by atoms with Crippen LogP contribution in [-0.4, -0.2) is 29.8 Å². The second-order valence-electron chi connectivity index (χ2n) is 10.5. The van der Waals surface area contributed by atoms with Gasteiger partial charge in [0.1, 0.15) is 23.3 Å². The molecule has 1 atom stereocenters. The number of esters is 1. The summed E-state index contributed by atoms with van der Waals surface area (Å²) in [5, 5.41) is 3.83. The van der Waals surface area contributed by atoms with Crippen LogP contribution in [0.15, 0.2) is 115 Å². The summed E-state index contributed by atoms with van der Waals surface area (Å²) in [6.45, 7) is 5.70. The number of carbonyl (C=O) groups is 1. The Hall–Kier alpha value is -3.54. The second kappa shape index (κ2) is 13.0. The number of ether oxygens (including phenoxy) is 2. The van der Waals surface area contributed by atoms with Gasteiger partial charge in [0.2, 0.25) is 0 Å². The van der Waals surface area contributed by atoms with Gasteiger partial charge in [-0.1, -0.05) is 103 Å². The van der Waals surface area contributed by atoms with Crippen molar-refractivity contribution in [1.82, 2.24) is 5.32 Å². The van der Waals surface area contributed by atoms with Crippen LogP contribution in [0.25, 0.3) is 0 Å². The van der Waals surface area contributed by atoms with Gasteiger partial charge in [0.25, 0.3) is 0 Å². The lowest BCUT2D eigenvalue weighted by Crippen LogP contribution is -2.54. The Morgan fingerprint density at radius 3 is 1.62 bits per heavy atom. The van der Waals surface area contributed by atoms with E-state index < -0.39 is 17.2 Å². The molecule has 39 heavy (non-hydrogen) atoms. The van der Waals surface area contributed by atoms with Crippen molar-refractivity contribution in [3.63, 3.8) is 0 Å². The minimum atomic E-state index is -0.799. The summed E-state index contributed by atoms with van der Waals surface area (Å²) >= 11 is 1.63. The summed E-state index contributed by atoms with van der Waals surface area (Å²) in [6.07, 6.45) is 2.45. The van der Waals surface area contributed by atoms with Gasteiger partial charge in [-0.3, -0.25) is 10.1 Å². The number of thioether (sulfide) groups is 1. The van der Waals surface area contributed by atoms with E-state index in [0.717, 1.165) is 28.0 Å². The van der Waals surface area contributed by atoms with E-state index in [0.29, 0.717) is 12.4 Å². The van der Waals surface area contributed by atoms with E-state index in [1.54, 1.807) is 11.8 Å². The Bertz CT molecular complexity index is 1210. The molecule has 1 N–H and O–H groups in total. The van der Waals surface area contributed by atoms with Gasteiger partial charge in [0.05, 0.1) is 5.54 Å². The number of nitrogens with one attached hydrogen (secondary N) is 1. The summed E-state index contributed by atoms with van der Waals surface area (Å²) in [5.74, 6) is 1.11. The fourth-order valence-corrected chi connectivity index (χ4v) is 4.98. The molecule has 0 aromatic heterocycles. The first-order chi connectivity index (χ1) is 18.8. The Balaban J connectivity index is 1.82. The number of hydrogen-bond acceptors (Lipinski definition) is 5. The molecule has 0 saturated carbocycles. The standard InChI is InChI=1S/C34H37NO3S/c1-33(2,3)38-32(36)31(24-26-20-22-30(23-21-26)37-25-39-4)35-34(27-14-8-5-9-15-27,28-16-10-6-11-17-28)29-18-12-7-13-19-29/h5-23,31,35H,24-25H2,1-4H3/t31-/m1/s1. The normalized spacial score (nSPS) is 12.5. The van der Waals surface area contributed by atoms with Gasteiger partial charge >= 0.3 is 5.97 Å². The zero-order valence-corrected chi connectivity index (χ0v) is 23.9. The molecule has 0 saturated heterocycles. The highest BCUT2D eigenvalue weighted by Crippen LogP contribution is 2.37. The van der Waals surface area contributed by atoms with Gasteiger partial charge in [-0.2, -0.15) is 0 Å². The van der Waals surface area contributed by atoms with Gasteiger partial charge in [-0.25, -0.2) is 0 Å². The molecule has 0 fully saturated rings. The number of hydrogen-bond donors (Lipinski definition) is 1. The molecular weight excluding hydrogens is 502 g/mol. The lowest BCUT2D eigenvalue weighted by Gasteiger charge is -2.40. The molecule has 0 unspecified atom stereocenters. The van der Waals surface area contributed by atoms with E-state index in [2.05, 4.69) is 41.7 Å². The third kappa shape index (κ3) is 7.31. The fourth-order valence-electron chi connectivity index (χ4n) is 4.73. The van der Waals surface area contributed by atoms with Crippen molar-refractivity contribution in [2.75, 3.05) is 12.2 Å². The second-order valence-corrected chi connectivity index (χ2v) is 11.3. The number of rotatable bonds is 11. The van der Waals surface area contributed by atoms with Gasteiger partial charge in [-0.15, -0.1) is 11.8 Å². The first-order valence-corrected chi connectivity index (χ1v) is 14.6. The Labute approximate surface area is 236 Å². The molecule has 0 spiro atoms. The van der Waals surface area contributed by atoms with E-state index >= 15 is 0 Å². The first kappa shape index (κ1) is 28.5. The summed E-state index contributed by atoms with van der Waals surface area (Å²) in [7, 11) is 0. The van der Waals surface area contributed by atoms with Crippen molar-refractivity contribution in [3.8, 4) is 5.75 Å². The number of carbonyl (C=O) groups excluding carboxylic acids is 1. The quantitative estimate of drug-likeness (QED) is 0.124. The van der Waals surface area contributed by atoms with Crippen molar-refractivity contribution in [1.29, 1.82) is 0 Å². The fraction of sp³-hybridized carbons (Fsp3) is 0.265. The molecular formula is C34H37NO3S. The zero-order chi connectivity index (χ0) is 27.7. The number of benzene rings is 4. The molecule has 0 heterocycles. The average Bonchev–Trinajstić information content (AvgIpc) is 2.95. The topological polar surface area (TPSA) is 47.6 Å². The third-order valence-electron chi connectivity index (χ3n) is 6.41. The summed E-state index contributed by atoms with van der Waals surface area (Å²) in [6, 6.07) is 38.2. The highest BCUT2D eigenvalue weighted by atomic mass is 32.2. The Morgan fingerprint density at radius 1 is 0.744 bits per heavy atom. The van der Waals surface area contributed by atoms with Gasteiger partial charge in [0, 0.05) is 0 Å². The van der Waals surface area contributed by atoms with Crippen LogP contribution in [0, 0.1) is 0 Å². The maximum Gasteiger partial charge on any atom is 0.324 e. The van der Waals surface area contributed by atoms with Crippen LogP contribution in [0.1, 0.15) is 43.0 Å². The molecule has 4 rings (SSSR count). The lowest BCUT2D eigenvalue weighted by atomic mass is 9.76. The molecule has 0 bridgehead atoms. The van der Waals surface area contributed by atoms with E-state index in [9.17, 15) is 4.79 Å². The third-order valence-corrected chi connectivity index (χ3v) is 6.76. The lowest BCUT2D eigenvalue weighted by molar-refractivity contribution is -0.157. The van der Waals surface area contributed by atoms with Crippen LogP contribution in [0.4, 0.5) is 0 Å². The highest BCUT2D eigenvalue weighted by molar-refractivity contribution is 7.98. The van der Waals surface area contributed by atoms with Crippen LogP contribution in [0.2, 0.25) is 0 Å². The molecule has 0 aliphatic carbocycles. The van der Waals surface area contributed by atoms with Crippen LogP contribution < -0.4 is 10.1 Å². The van der Waals surface area contributed by atoms with E-state index in [1.807, 2.05) is 106 Å². The molecule has 202 valence electrons. The first-order valence-electron chi connectivity index (χ1n) is 13.2. The molecule has 0 aliphatic rings. The Kier molecular flexibility index (Phi) is 9.50. The molecule has 4 nitrogen and oxygen atoms in total. The average molecular weight is 540 g/mol. The molecule has 4 aromatic rings. The highest BCUT2D eigenvalue weighted by Gasteiger charge is 2.40. The summed E-state index contributed by atoms with van der Waals surface area (Å²) in [4.78, 5) is 13.8. The van der Waals surface area contributed by atoms with Crippen LogP contribution >= 0.6 is 11.8 Å². The smallest absolute Gasteiger partial charge is 0.324 e. The molecule has 0 radical (unpaired) electrons. The SMILES string of the molecule is CSCOc1ccc(C[C@@H](NC(c2ccccc2)(c2ccccc2)c2ccccc2)C(=O)OC(C)(C)C)cc1. The zero-order valence-electron chi connectivity index (χ0n) is 23.1. The predicted molar refractivity (Wildman–Crippen MR) is 161 cm³/mol. The predicted octanol–water partition coefficient (Wildman–Crippen LogP) is 7.22. The summed E-state index contributed by atoms with van der Waals surface area (Å²) in [5.41, 5.74) is 2.71. The maximum absolute atomic E-state index is 13.8. The molecule has 4 aromatic carbocycles. The van der Waals surface area contributed by atoms with Crippen molar-refractivity contribution in [3.05, 3.63) is 138 Å². The monoisotopic (exact) mass is 539 g/mol. The van der Waals surface area contributed by atoms with E-state index in [1.165, 1.54) is 0 Å². The minimum Gasteiger partial charge on any atom is -0.483 e. The van der Waals surface area contributed by atoms with Gasteiger partial charge in [-0.05, 0) is 67.8 Å². The Morgan fingerprint density at radius 2 is 1.21 bits per heavy atom. The van der Waals surface area contributed by atoms with E-state index in [-0.39, 0.29) is 5.97 Å². The molecule has 0 aliphatic heterocycles. The van der Waals surface area contributed by atoms with Crippen LogP contribution in [0.3, 0.4) is 0 Å². The minimum absolute atomic E-state index is 0.294. The largest absolute Gasteiger partial charge is 0.483 e. The van der Waals surface area contributed by atoms with Crippen LogP contribution in [0.5, 0.6) is 5.75 Å². The van der Waals surface area contributed by atoms with Crippen molar-refractivity contribution in [2.45, 2.75) is 44.4 Å². The molecule has 0 amide bonds. The maximum atomic E-state index is 13.8. The van der Waals surface area contributed by atoms with Crippen molar-refractivity contribution in [2.24, 2.45) is 0 Å². The van der Waals surface area contributed by atoms with Crippen molar-refractivity contribution < 1.29 is 14.3 Å². The van der Waals surface area contributed by atoms with Gasteiger partial charge < -0.3 is 9.47 Å². The summed E-state index contributed by atoms with van der Waals surface area (Å²) < 4.78 is 11.7. The van der Waals surface area contributed by atoms with Crippen LogP contribution in [-0.2, 0) is 21.5 Å². The van der Waals surface area contributed by atoms with Crippen molar-refractivity contribution >= 4 is 17.7 Å². The van der Waals surface area contributed by atoms with E-state index in [4.69, 9.17) is 9.47 Å². The molecule has 5 heteroatoms. The van der Waals surface area contributed by atoms with Gasteiger partial charge in [0.15, 0.2) is 0 Å².